The molecule has 2 heterocycles. The van der Waals surface area contributed by atoms with Crippen molar-refractivity contribution in [2.24, 2.45) is 0 Å². The van der Waals surface area contributed by atoms with Crippen molar-refractivity contribution in [1.82, 2.24) is 14.4 Å². The van der Waals surface area contributed by atoms with Gasteiger partial charge in [-0.05, 0) is 40.6 Å². The van der Waals surface area contributed by atoms with Crippen molar-refractivity contribution in [3.05, 3.63) is 158 Å². The second-order valence-electron chi connectivity index (χ2n) is 10.6. The van der Waals surface area contributed by atoms with Gasteiger partial charge in [0, 0.05) is 21.5 Å². The fraction of sp³-hybridized carbons (Fsp3) is 0. The molecule has 0 aliphatic heterocycles. The van der Waals surface area contributed by atoms with Crippen LogP contribution in [0.1, 0.15) is 0 Å². The summed E-state index contributed by atoms with van der Waals surface area (Å²) in [5.41, 5.74) is 5.80. The molecule has 0 fully saturated rings. The predicted molar refractivity (Wildman–Crippen MR) is 178 cm³/mol. The van der Waals surface area contributed by atoms with Crippen LogP contribution in [0.4, 0.5) is 0 Å². The van der Waals surface area contributed by atoms with Crippen molar-refractivity contribution in [2.45, 2.75) is 0 Å². The van der Waals surface area contributed by atoms with E-state index in [-0.39, 0.29) is 0 Å². The Bertz CT molecular complexity index is 2270. The average molecular weight is 572 g/mol. The topological polar surface area (TPSA) is 47.3 Å². The van der Waals surface area contributed by atoms with Crippen LogP contribution < -0.4 is 15.9 Å². The highest BCUT2D eigenvalue weighted by Crippen LogP contribution is 2.45. The van der Waals surface area contributed by atoms with Crippen LogP contribution in [0.25, 0.3) is 50.1 Å². The molecule has 0 atom stereocenters. The van der Waals surface area contributed by atoms with Crippen molar-refractivity contribution < 1.29 is 4.57 Å². The quantitative estimate of drug-likeness (QED) is 0.197. The van der Waals surface area contributed by atoms with E-state index in [0.717, 1.165) is 60.2 Å². The molecule has 0 N–H and O–H groups in total. The minimum atomic E-state index is -3.19. The molecule has 43 heavy (non-hydrogen) atoms. The van der Waals surface area contributed by atoms with Crippen LogP contribution in [0.15, 0.2) is 158 Å². The molecule has 204 valence electrons. The van der Waals surface area contributed by atoms with E-state index in [4.69, 9.17) is 9.97 Å². The summed E-state index contributed by atoms with van der Waals surface area (Å²) in [4.78, 5) is 10.0. The molecule has 2 aromatic heterocycles. The summed E-state index contributed by atoms with van der Waals surface area (Å²) >= 11 is 0. The van der Waals surface area contributed by atoms with Crippen LogP contribution in [0.5, 0.6) is 0 Å². The molecular weight excluding hydrogens is 545 g/mol. The van der Waals surface area contributed by atoms with Gasteiger partial charge in [-0.1, -0.05) is 133 Å². The molecule has 0 saturated heterocycles. The first-order chi connectivity index (χ1) is 21.2. The van der Waals surface area contributed by atoms with Gasteiger partial charge in [0.25, 0.3) is 0 Å². The van der Waals surface area contributed by atoms with Gasteiger partial charge < -0.3 is 4.57 Å². The minimum absolute atomic E-state index is 0.643. The lowest BCUT2D eigenvalue weighted by Crippen LogP contribution is -2.25. The summed E-state index contributed by atoms with van der Waals surface area (Å²) in [6, 6.07) is 52.6. The van der Waals surface area contributed by atoms with Crippen molar-refractivity contribution in [1.29, 1.82) is 0 Å². The Labute approximate surface area is 249 Å². The van der Waals surface area contributed by atoms with E-state index >= 15 is 4.57 Å². The number of benzene rings is 6. The zero-order valence-electron chi connectivity index (χ0n) is 23.2. The zero-order chi connectivity index (χ0) is 28.8. The van der Waals surface area contributed by atoms with Crippen molar-refractivity contribution in [3.8, 4) is 22.5 Å². The fourth-order valence-electron chi connectivity index (χ4n) is 6.10. The molecule has 0 amide bonds. The van der Waals surface area contributed by atoms with Crippen LogP contribution in [0, 0.1) is 0 Å². The average Bonchev–Trinajstić information content (AvgIpc) is 3.47. The summed E-state index contributed by atoms with van der Waals surface area (Å²) < 4.78 is 17.5. The number of fused-ring (bicyclic) bond motifs is 4. The standard InChI is InChI=1S/C38H26N3OP/c42-43(28-16-6-2-7-17-28,29-18-8-3-9-19-29)37-25-24-31(30-20-10-11-21-32(30)37)34-26-36(27-14-4-1-5-15-27)41-35-23-13-12-22-33(35)39-38(41)40-34/h1-26H. The molecule has 0 spiro atoms. The number of rotatable bonds is 5. The van der Waals surface area contributed by atoms with Gasteiger partial charge in [0.1, 0.15) is 0 Å². The molecular formula is C38H26N3OP. The van der Waals surface area contributed by atoms with Crippen LogP contribution >= 0.6 is 7.14 Å². The van der Waals surface area contributed by atoms with Gasteiger partial charge in [0.15, 0.2) is 7.14 Å². The highest BCUT2D eigenvalue weighted by Gasteiger charge is 2.31. The maximum Gasteiger partial charge on any atom is 0.235 e. The van der Waals surface area contributed by atoms with E-state index in [9.17, 15) is 0 Å². The lowest BCUT2D eigenvalue weighted by atomic mass is 10.0. The Balaban J connectivity index is 1.41. The monoisotopic (exact) mass is 571 g/mol. The first-order valence-corrected chi connectivity index (χ1v) is 16.0. The Kier molecular flexibility index (Phi) is 6.03. The van der Waals surface area contributed by atoms with E-state index in [1.165, 1.54) is 0 Å². The normalized spacial score (nSPS) is 11.8. The van der Waals surface area contributed by atoms with E-state index in [1.54, 1.807) is 0 Å². The molecule has 0 aliphatic carbocycles. The van der Waals surface area contributed by atoms with Gasteiger partial charge in [0.05, 0.1) is 22.4 Å². The largest absolute Gasteiger partial charge is 0.309 e. The van der Waals surface area contributed by atoms with Gasteiger partial charge in [-0.15, -0.1) is 0 Å². The third-order valence-electron chi connectivity index (χ3n) is 8.10. The SMILES string of the molecule is O=P(c1ccccc1)(c1ccccc1)c1ccc(-c2cc(-c3ccccc3)n3c(n2)nc2ccccc23)c2ccccc12. The Morgan fingerprint density at radius 1 is 0.535 bits per heavy atom. The van der Waals surface area contributed by atoms with Crippen LogP contribution in [-0.4, -0.2) is 14.4 Å². The van der Waals surface area contributed by atoms with Crippen LogP contribution in [0.2, 0.25) is 0 Å². The molecule has 6 aromatic carbocycles. The van der Waals surface area contributed by atoms with Crippen LogP contribution in [-0.2, 0) is 4.57 Å². The highest BCUT2D eigenvalue weighted by atomic mass is 31.2. The van der Waals surface area contributed by atoms with Gasteiger partial charge in [-0.3, -0.25) is 4.40 Å². The first-order valence-electron chi connectivity index (χ1n) is 14.3. The lowest BCUT2D eigenvalue weighted by molar-refractivity contribution is 0.592. The van der Waals surface area contributed by atoms with Gasteiger partial charge >= 0.3 is 0 Å². The number of imidazole rings is 1. The van der Waals surface area contributed by atoms with Gasteiger partial charge in [-0.25, -0.2) is 9.97 Å². The second kappa shape index (κ2) is 10.2. The summed E-state index contributed by atoms with van der Waals surface area (Å²) in [6.07, 6.45) is 0. The van der Waals surface area contributed by atoms with E-state index in [1.807, 2.05) is 103 Å². The molecule has 0 bridgehead atoms. The highest BCUT2D eigenvalue weighted by molar-refractivity contribution is 7.85. The van der Waals surface area contributed by atoms with Gasteiger partial charge in [0.2, 0.25) is 5.78 Å². The maximum absolute atomic E-state index is 15.4. The number of hydrogen-bond acceptors (Lipinski definition) is 3. The molecule has 5 heteroatoms. The maximum atomic E-state index is 15.4. The second-order valence-corrected chi connectivity index (χ2v) is 13.3. The molecule has 0 aliphatic rings. The first kappa shape index (κ1) is 25.4. The van der Waals surface area contributed by atoms with E-state index < -0.39 is 7.14 Å². The van der Waals surface area contributed by atoms with E-state index in [2.05, 4.69) is 59.0 Å². The number of aromatic nitrogens is 3. The Morgan fingerprint density at radius 3 is 1.81 bits per heavy atom. The number of nitrogens with zero attached hydrogens (tertiary/aromatic N) is 3. The molecule has 0 unspecified atom stereocenters. The van der Waals surface area contributed by atoms with Crippen LogP contribution in [0.3, 0.4) is 0 Å². The molecule has 0 radical (unpaired) electrons. The molecule has 4 nitrogen and oxygen atoms in total. The summed E-state index contributed by atoms with van der Waals surface area (Å²) in [7, 11) is -3.19. The third-order valence-corrected chi connectivity index (χ3v) is 11.2. The Hall–Kier alpha value is -5.31. The van der Waals surface area contributed by atoms with E-state index in [0.29, 0.717) is 5.78 Å². The fourth-order valence-corrected chi connectivity index (χ4v) is 8.96. The number of hydrogen-bond donors (Lipinski definition) is 0. The van der Waals surface area contributed by atoms with Crippen molar-refractivity contribution in [2.75, 3.05) is 0 Å². The summed E-state index contributed by atoms with van der Waals surface area (Å²) in [6.45, 7) is 0. The molecule has 8 aromatic rings. The minimum Gasteiger partial charge on any atom is -0.309 e. The smallest absolute Gasteiger partial charge is 0.235 e. The number of para-hydroxylation sites is 2. The third kappa shape index (κ3) is 4.11. The predicted octanol–water partition coefficient (Wildman–Crippen LogP) is 8.01. The molecule has 0 saturated carbocycles. The lowest BCUT2D eigenvalue weighted by Gasteiger charge is -2.22. The van der Waals surface area contributed by atoms with Crippen molar-refractivity contribution >= 4 is 50.6 Å². The summed E-state index contributed by atoms with van der Waals surface area (Å²) in [5, 5.41) is 4.40. The summed E-state index contributed by atoms with van der Waals surface area (Å²) in [5.74, 6) is 0.643. The van der Waals surface area contributed by atoms with Gasteiger partial charge in [-0.2, -0.15) is 0 Å². The van der Waals surface area contributed by atoms with Crippen molar-refractivity contribution in [3.63, 3.8) is 0 Å². The Morgan fingerprint density at radius 2 is 1.12 bits per heavy atom. The zero-order valence-corrected chi connectivity index (χ0v) is 24.1. The molecule has 8 rings (SSSR count).